The second-order valence-electron chi connectivity index (χ2n) is 6.83. The van der Waals surface area contributed by atoms with Gasteiger partial charge in [0.15, 0.2) is 11.5 Å². The lowest BCUT2D eigenvalue weighted by molar-refractivity contribution is -0.132. The third-order valence-electron chi connectivity index (χ3n) is 5.02. The first-order valence-electron chi connectivity index (χ1n) is 9.41. The molecule has 1 amide bonds. The van der Waals surface area contributed by atoms with E-state index >= 15 is 0 Å². The fourth-order valence-corrected chi connectivity index (χ4v) is 3.55. The van der Waals surface area contributed by atoms with Crippen LogP contribution in [0.15, 0.2) is 45.5 Å². The third kappa shape index (κ3) is 3.15. The van der Waals surface area contributed by atoms with E-state index in [0.717, 1.165) is 10.1 Å². The lowest BCUT2D eigenvalue weighted by Gasteiger charge is -2.21. The van der Waals surface area contributed by atoms with Gasteiger partial charge in [0.2, 0.25) is 18.6 Å². The van der Waals surface area contributed by atoms with Gasteiger partial charge < -0.3 is 14.6 Å². The molecule has 0 saturated heterocycles. The van der Waals surface area contributed by atoms with Crippen LogP contribution in [0, 0.1) is 0 Å². The van der Waals surface area contributed by atoms with Gasteiger partial charge in [-0.15, -0.1) is 6.58 Å². The summed E-state index contributed by atoms with van der Waals surface area (Å²) >= 11 is 0. The van der Waals surface area contributed by atoms with E-state index < -0.39 is 23.2 Å². The molecule has 0 bridgehead atoms. The topological polar surface area (TPSA) is 126 Å². The van der Waals surface area contributed by atoms with Crippen LogP contribution in [0.4, 0.5) is 0 Å². The van der Waals surface area contributed by atoms with E-state index in [4.69, 9.17) is 9.47 Å². The maximum absolute atomic E-state index is 12.5. The van der Waals surface area contributed by atoms with Gasteiger partial charge in [-0.3, -0.25) is 19.1 Å². The van der Waals surface area contributed by atoms with Gasteiger partial charge in [0, 0.05) is 19.4 Å². The normalized spacial score (nSPS) is 17.2. The predicted octanol–water partition coefficient (Wildman–Crippen LogP) is 1.24. The number of H-pyrrole nitrogens is 1. The number of amides is 1. The van der Waals surface area contributed by atoms with Crippen LogP contribution in [0.1, 0.15) is 36.9 Å². The molecular weight excluding hydrogens is 392 g/mol. The van der Waals surface area contributed by atoms with Gasteiger partial charge in [-0.25, -0.2) is 9.80 Å². The molecule has 2 aromatic rings. The van der Waals surface area contributed by atoms with Crippen molar-refractivity contribution in [1.29, 1.82) is 0 Å². The highest BCUT2D eigenvalue weighted by Crippen LogP contribution is 2.39. The van der Waals surface area contributed by atoms with Crippen LogP contribution >= 0.6 is 0 Å². The second-order valence-corrected chi connectivity index (χ2v) is 6.83. The molecule has 2 N–H and O–H groups in total. The number of hydrogen-bond donors (Lipinski definition) is 2. The lowest BCUT2D eigenvalue weighted by atomic mass is 9.98. The number of rotatable bonds is 5. The number of ether oxygens (including phenoxy) is 2. The maximum atomic E-state index is 12.5. The zero-order valence-electron chi connectivity index (χ0n) is 16.3. The Morgan fingerprint density at radius 2 is 2.13 bits per heavy atom. The number of carbonyl (C=O) groups excluding carboxylic acids is 1. The highest BCUT2D eigenvalue weighted by molar-refractivity contribution is 6.04. The summed E-state index contributed by atoms with van der Waals surface area (Å²) in [5, 5.41) is 16.2. The van der Waals surface area contributed by atoms with Crippen molar-refractivity contribution in [2.75, 3.05) is 6.79 Å². The van der Waals surface area contributed by atoms with Crippen molar-refractivity contribution >= 4 is 11.6 Å². The first kappa shape index (κ1) is 19.5. The fraction of sp³-hybridized carbons (Fsp3) is 0.300. The number of hydrazone groups is 1. The summed E-state index contributed by atoms with van der Waals surface area (Å²) in [7, 11) is 0. The van der Waals surface area contributed by atoms with Gasteiger partial charge in [-0.2, -0.15) is 5.10 Å². The lowest BCUT2D eigenvalue weighted by Crippen LogP contribution is -2.33. The van der Waals surface area contributed by atoms with Gasteiger partial charge in [-0.05, 0) is 17.7 Å². The first-order valence-corrected chi connectivity index (χ1v) is 9.41. The Hall–Kier alpha value is -3.82. The number of allylic oxidation sites excluding steroid dienone is 1. The van der Waals surface area contributed by atoms with Crippen LogP contribution in [0.5, 0.6) is 17.4 Å². The Morgan fingerprint density at radius 3 is 2.87 bits per heavy atom. The number of hydrogen-bond acceptors (Lipinski definition) is 7. The number of aromatic nitrogens is 2. The summed E-state index contributed by atoms with van der Waals surface area (Å²) in [5.74, 6) is 0.405. The molecule has 0 radical (unpaired) electrons. The molecule has 1 aromatic heterocycles. The Morgan fingerprint density at radius 1 is 1.37 bits per heavy atom. The Labute approximate surface area is 170 Å². The summed E-state index contributed by atoms with van der Waals surface area (Å²) in [6, 6.07) is 4.82. The molecule has 0 fully saturated rings. The summed E-state index contributed by atoms with van der Waals surface area (Å²) in [4.78, 5) is 39.2. The molecule has 3 heterocycles. The van der Waals surface area contributed by atoms with E-state index in [2.05, 4.69) is 16.7 Å². The molecule has 0 spiro atoms. The van der Waals surface area contributed by atoms with Crippen molar-refractivity contribution in [1.82, 2.24) is 14.6 Å². The average molecular weight is 412 g/mol. The van der Waals surface area contributed by atoms with E-state index in [0.29, 0.717) is 11.5 Å². The Bertz CT molecular complexity index is 1180. The minimum atomic E-state index is -0.771. The van der Waals surface area contributed by atoms with Crippen LogP contribution in [-0.4, -0.2) is 38.1 Å². The molecule has 10 heteroatoms. The predicted molar refractivity (Wildman–Crippen MR) is 107 cm³/mol. The van der Waals surface area contributed by atoms with Crippen LogP contribution in [-0.2, 0) is 11.3 Å². The smallest absolute Gasteiger partial charge is 0.331 e. The number of nitrogens with one attached hydrogen (secondary N) is 1. The monoisotopic (exact) mass is 412 g/mol. The molecule has 1 atom stereocenters. The maximum Gasteiger partial charge on any atom is 0.331 e. The van der Waals surface area contributed by atoms with Crippen molar-refractivity contribution in [2.45, 2.75) is 32.4 Å². The van der Waals surface area contributed by atoms with E-state index in [9.17, 15) is 19.5 Å². The van der Waals surface area contributed by atoms with Crippen LogP contribution < -0.4 is 20.7 Å². The zero-order valence-corrected chi connectivity index (χ0v) is 16.3. The van der Waals surface area contributed by atoms with Crippen molar-refractivity contribution in [3.8, 4) is 17.4 Å². The number of fused-ring (bicyclic) bond motifs is 1. The molecule has 0 saturated carbocycles. The highest BCUT2D eigenvalue weighted by Gasteiger charge is 2.35. The molecule has 1 aromatic carbocycles. The fourth-order valence-electron chi connectivity index (χ4n) is 3.55. The summed E-state index contributed by atoms with van der Waals surface area (Å²) in [5.41, 5.74) is -0.722. The molecular formula is C20H20N4O6. The first-order chi connectivity index (χ1) is 14.4. The molecule has 0 unspecified atom stereocenters. The summed E-state index contributed by atoms with van der Waals surface area (Å²) in [6.07, 6.45) is 1.80. The van der Waals surface area contributed by atoms with Gasteiger partial charge >= 0.3 is 5.69 Å². The van der Waals surface area contributed by atoms with E-state index in [1.165, 1.54) is 11.1 Å². The van der Waals surface area contributed by atoms with Crippen molar-refractivity contribution in [3.05, 3.63) is 62.8 Å². The molecule has 2 aliphatic heterocycles. The summed E-state index contributed by atoms with van der Waals surface area (Å²) in [6.45, 7) is 5.38. The number of aromatic hydroxyl groups is 1. The van der Waals surface area contributed by atoms with Gasteiger partial charge in [0.05, 0.1) is 11.8 Å². The van der Waals surface area contributed by atoms with Crippen molar-refractivity contribution in [2.24, 2.45) is 5.10 Å². The Balaban J connectivity index is 1.78. The summed E-state index contributed by atoms with van der Waals surface area (Å²) < 4.78 is 11.7. The number of aromatic amines is 1. The molecule has 156 valence electrons. The molecule has 30 heavy (non-hydrogen) atoms. The van der Waals surface area contributed by atoms with E-state index in [-0.39, 0.29) is 43.4 Å². The van der Waals surface area contributed by atoms with E-state index in [1.807, 2.05) is 0 Å². The SMILES string of the molecule is C=CCn1c(O)c(C2=NN(C(=O)CC)[C@H](c3ccc4c(c3)OCO4)C2)c(=O)[nH]c1=O. The number of carbonyl (C=O) groups is 1. The molecule has 10 nitrogen and oxygen atoms in total. The highest BCUT2D eigenvalue weighted by atomic mass is 16.7. The third-order valence-corrected chi connectivity index (χ3v) is 5.02. The van der Waals surface area contributed by atoms with Gasteiger partial charge in [-0.1, -0.05) is 19.1 Å². The van der Waals surface area contributed by atoms with Gasteiger partial charge in [0.1, 0.15) is 5.56 Å². The molecule has 0 aliphatic carbocycles. The average Bonchev–Trinajstić information content (AvgIpc) is 3.37. The molecule has 2 aliphatic rings. The van der Waals surface area contributed by atoms with Gasteiger partial charge in [0.25, 0.3) is 5.56 Å². The standard InChI is InChI=1S/C20H20N4O6/c1-3-7-23-19(27)17(18(26)21-20(23)28)12-9-13(24(22-12)16(25)4-2)11-5-6-14-15(8-11)30-10-29-14/h3,5-6,8,13,27H,1,4,7,9-10H2,2H3,(H,21,26,28)/t13-/m0/s1. The van der Waals surface area contributed by atoms with Crippen molar-refractivity contribution < 1.29 is 19.4 Å². The van der Waals surface area contributed by atoms with Crippen molar-refractivity contribution in [3.63, 3.8) is 0 Å². The van der Waals surface area contributed by atoms with Crippen LogP contribution in [0.25, 0.3) is 0 Å². The zero-order chi connectivity index (χ0) is 21.4. The molecule has 4 rings (SSSR count). The number of nitrogens with zero attached hydrogens (tertiary/aromatic N) is 3. The van der Waals surface area contributed by atoms with Crippen LogP contribution in [0.2, 0.25) is 0 Å². The minimum Gasteiger partial charge on any atom is -0.494 e. The van der Waals surface area contributed by atoms with Crippen LogP contribution in [0.3, 0.4) is 0 Å². The number of benzene rings is 1. The second kappa shape index (κ2) is 7.54. The minimum absolute atomic E-state index is 0.00488. The quantitative estimate of drug-likeness (QED) is 0.712. The van der Waals surface area contributed by atoms with E-state index in [1.54, 1.807) is 25.1 Å². The largest absolute Gasteiger partial charge is 0.494 e. The Kier molecular flexibility index (Phi) is 4.90.